The largest absolute Gasteiger partial charge is 0.368 e. The first-order valence-corrected chi connectivity index (χ1v) is 8.15. The molecule has 1 saturated heterocycles. The van der Waals surface area contributed by atoms with Gasteiger partial charge in [-0.05, 0) is 37.3 Å². The Balaban J connectivity index is 1.66. The minimum atomic E-state index is 0.232. The van der Waals surface area contributed by atoms with Crippen LogP contribution in [0.3, 0.4) is 0 Å². The van der Waals surface area contributed by atoms with Gasteiger partial charge in [0, 0.05) is 13.1 Å². The lowest BCUT2D eigenvalue weighted by Gasteiger charge is -2.33. The summed E-state index contributed by atoms with van der Waals surface area (Å²) in [6, 6.07) is 6.69. The number of hydrogen-bond acceptors (Lipinski definition) is 2. The van der Waals surface area contributed by atoms with Crippen LogP contribution in [0, 0.1) is 19.8 Å². The average molecular weight is 273 g/mol. The van der Waals surface area contributed by atoms with Crippen molar-refractivity contribution in [3.63, 3.8) is 0 Å². The lowest BCUT2D eigenvalue weighted by molar-refractivity contribution is -0.0491. The Morgan fingerprint density at radius 2 is 1.95 bits per heavy atom. The van der Waals surface area contributed by atoms with Gasteiger partial charge in [-0.1, -0.05) is 49.4 Å². The van der Waals surface area contributed by atoms with Gasteiger partial charge < -0.3 is 10.1 Å². The number of ether oxygens (including phenoxy) is 1. The van der Waals surface area contributed by atoms with Crippen molar-refractivity contribution in [2.75, 3.05) is 13.1 Å². The van der Waals surface area contributed by atoms with Crippen molar-refractivity contribution < 1.29 is 4.74 Å². The van der Waals surface area contributed by atoms with Gasteiger partial charge in [-0.3, -0.25) is 0 Å². The predicted molar refractivity (Wildman–Crippen MR) is 83.0 cm³/mol. The summed E-state index contributed by atoms with van der Waals surface area (Å²) in [5, 5.41) is 3.58. The van der Waals surface area contributed by atoms with Crippen molar-refractivity contribution in [2.45, 2.75) is 58.2 Å². The standard InChI is InChI=1S/C18H27NO/c1-13-7-8-14(2)17(9-13)18-12-19-11-16(20-18)10-15-5-3-4-6-15/h7-9,15-16,18-19H,3-6,10-12H2,1-2H3. The molecule has 110 valence electrons. The Bertz CT molecular complexity index is 451. The molecule has 1 aliphatic heterocycles. The maximum absolute atomic E-state index is 6.41. The van der Waals surface area contributed by atoms with Gasteiger partial charge in [-0.15, -0.1) is 0 Å². The number of rotatable bonds is 3. The van der Waals surface area contributed by atoms with Gasteiger partial charge in [0.05, 0.1) is 12.2 Å². The number of hydrogen-bond donors (Lipinski definition) is 1. The van der Waals surface area contributed by atoms with Gasteiger partial charge in [0.15, 0.2) is 0 Å². The van der Waals surface area contributed by atoms with Gasteiger partial charge in [0.25, 0.3) is 0 Å². The molecule has 3 rings (SSSR count). The minimum Gasteiger partial charge on any atom is -0.368 e. The molecule has 0 bridgehead atoms. The lowest BCUT2D eigenvalue weighted by Crippen LogP contribution is -2.41. The van der Waals surface area contributed by atoms with Crippen LogP contribution in [-0.2, 0) is 4.74 Å². The van der Waals surface area contributed by atoms with E-state index in [0.717, 1.165) is 19.0 Å². The molecule has 0 amide bonds. The molecule has 2 atom stereocenters. The molecule has 1 saturated carbocycles. The van der Waals surface area contributed by atoms with Gasteiger partial charge in [0.1, 0.15) is 0 Å². The molecular weight excluding hydrogens is 246 g/mol. The van der Waals surface area contributed by atoms with E-state index in [9.17, 15) is 0 Å². The van der Waals surface area contributed by atoms with Gasteiger partial charge in [-0.2, -0.15) is 0 Å². The van der Waals surface area contributed by atoms with Crippen molar-refractivity contribution >= 4 is 0 Å². The van der Waals surface area contributed by atoms with E-state index in [1.54, 1.807) is 0 Å². The van der Waals surface area contributed by atoms with E-state index in [2.05, 4.69) is 37.4 Å². The van der Waals surface area contributed by atoms with E-state index < -0.39 is 0 Å². The summed E-state index contributed by atoms with van der Waals surface area (Å²) in [7, 11) is 0. The monoisotopic (exact) mass is 273 g/mol. The topological polar surface area (TPSA) is 21.3 Å². The van der Waals surface area contributed by atoms with Crippen molar-refractivity contribution in [1.82, 2.24) is 5.32 Å². The zero-order valence-electron chi connectivity index (χ0n) is 12.8. The van der Waals surface area contributed by atoms with Crippen molar-refractivity contribution in [2.24, 2.45) is 5.92 Å². The number of nitrogens with one attached hydrogen (secondary N) is 1. The number of aryl methyl sites for hydroxylation is 2. The first-order chi connectivity index (χ1) is 9.72. The van der Waals surface area contributed by atoms with Crippen LogP contribution in [-0.4, -0.2) is 19.2 Å². The van der Waals surface area contributed by atoms with Crippen molar-refractivity contribution in [3.8, 4) is 0 Å². The molecule has 2 fully saturated rings. The van der Waals surface area contributed by atoms with Crippen molar-refractivity contribution in [3.05, 3.63) is 34.9 Å². The van der Waals surface area contributed by atoms with E-state index in [4.69, 9.17) is 4.74 Å². The van der Waals surface area contributed by atoms with E-state index in [0.29, 0.717) is 6.10 Å². The zero-order chi connectivity index (χ0) is 13.9. The van der Waals surface area contributed by atoms with Crippen LogP contribution >= 0.6 is 0 Å². The van der Waals surface area contributed by atoms with Crippen LogP contribution < -0.4 is 5.32 Å². The summed E-state index contributed by atoms with van der Waals surface area (Å²) in [6.45, 7) is 6.33. The fraction of sp³-hybridized carbons (Fsp3) is 0.667. The lowest BCUT2D eigenvalue weighted by atomic mass is 9.96. The normalized spacial score (nSPS) is 27.9. The van der Waals surface area contributed by atoms with Crippen LogP contribution in [0.15, 0.2) is 18.2 Å². The zero-order valence-corrected chi connectivity index (χ0v) is 12.8. The molecule has 1 aromatic rings. The van der Waals surface area contributed by atoms with Crippen molar-refractivity contribution in [1.29, 1.82) is 0 Å². The van der Waals surface area contributed by atoms with E-state index >= 15 is 0 Å². The smallest absolute Gasteiger partial charge is 0.0956 e. The SMILES string of the molecule is Cc1ccc(C)c(C2CNCC(CC3CCCC3)O2)c1. The third-order valence-electron chi connectivity index (χ3n) is 4.91. The first kappa shape index (κ1) is 14.1. The summed E-state index contributed by atoms with van der Waals surface area (Å²) in [5.74, 6) is 0.902. The Morgan fingerprint density at radius 3 is 2.75 bits per heavy atom. The Kier molecular flexibility index (Phi) is 4.42. The molecule has 20 heavy (non-hydrogen) atoms. The molecule has 2 nitrogen and oxygen atoms in total. The van der Waals surface area contributed by atoms with Crippen LogP contribution in [0.4, 0.5) is 0 Å². The fourth-order valence-electron chi connectivity index (χ4n) is 3.75. The summed E-state index contributed by atoms with van der Waals surface area (Å²) in [6.07, 6.45) is 7.54. The molecule has 2 unspecified atom stereocenters. The van der Waals surface area contributed by atoms with Crippen LogP contribution in [0.1, 0.15) is 54.9 Å². The maximum atomic E-state index is 6.41. The second-order valence-electron chi connectivity index (χ2n) is 6.65. The molecule has 2 aliphatic rings. The maximum Gasteiger partial charge on any atom is 0.0956 e. The average Bonchev–Trinajstić information content (AvgIpc) is 2.95. The van der Waals surface area contributed by atoms with E-state index in [1.807, 2.05) is 0 Å². The Morgan fingerprint density at radius 1 is 1.15 bits per heavy atom. The summed E-state index contributed by atoms with van der Waals surface area (Å²) < 4.78 is 6.41. The van der Waals surface area contributed by atoms with Gasteiger partial charge in [-0.25, -0.2) is 0 Å². The molecular formula is C18H27NO. The molecule has 0 radical (unpaired) electrons. The highest BCUT2D eigenvalue weighted by Gasteiger charge is 2.27. The predicted octanol–water partition coefficient (Wildman–Crippen LogP) is 3.91. The highest BCUT2D eigenvalue weighted by atomic mass is 16.5. The first-order valence-electron chi connectivity index (χ1n) is 8.15. The molecule has 0 spiro atoms. The molecule has 0 aromatic heterocycles. The summed E-state index contributed by atoms with van der Waals surface area (Å²) in [4.78, 5) is 0. The van der Waals surface area contributed by atoms with Crippen LogP contribution in [0.25, 0.3) is 0 Å². The summed E-state index contributed by atoms with van der Waals surface area (Å²) in [5.41, 5.74) is 4.05. The highest BCUT2D eigenvalue weighted by Crippen LogP contribution is 2.32. The summed E-state index contributed by atoms with van der Waals surface area (Å²) >= 11 is 0. The highest BCUT2D eigenvalue weighted by molar-refractivity contribution is 5.32. The fourth-order valence-corrected chi connectivity index (χ4v) is 3.75. The number of morpholine rings is 1. The third kappa shape index (κ3) is 3.24. The second-order valence-corrected chi connectivity index (χ2v) is 6.65. The minimum absolute atomic E-state index is 0.232. The Hall–Kier alpha value is -0.860. The van der Waals surface area contributed by atoms with E-state index in [-0.39, 0.29) is 6.10 Å². The van der Waals surface area contributed by atoms with Gasteiger partial charge in [0.2, 0.25) is 0 Å². The van der Waals surface area contributed by atoms with Gasteiger partial charge >= 0.3 is 0 Å². The molecule has 1 aliphatic carbocycles. The van der Waals surface area contributed by atoms with Crippen LogP contribution in [0.2, 0.25) is 0 Å². The van der Waals surface area contributed by atoms with E-state index in [1.165, 1.54) is 48.8 Å². The molecule has 1 aromatic carbocycles. The molecule has 1 N–H and O–H groups in total. The van der Waals surface area contributed by atoms with Crippen LogP contribution in [0.5, 0.6) is 0 Å². The number of benzene rings is 1. The Labute approximate surface area is 122 Å². The quantitative estimate of drug-likeness (QED) is 0.901. The third-order valence-corrected chi connectivity index (χ3v) is 4.91. The molecule has 2 heteroatoms. The molecule has 1 heterocycles. The second kappa shape index (κ2) is 6.28.